The third-order valence-corrected chi connectivity index (χ3v) is 10.8. The number of anilines is 1. The average molecular weight is 707 g/mol. The highest BCUT2D eigenvalue weighted by Gasteiger charge is 2.76. The number of hydrogen-bond donors (Lipinski definition) is 1. The van der Waals surface area contributed by atoms with E-state index in [0.717, 1.165) is 13.9 Å². The first-order valence-electron chi connectivity index (χ1n) is 14.4. The maximum absolute atomic E-state index is 15.2. The van der Waals surface area contributed by atoms with Gasteiger partial charge in [0.15, 0.2) is 33.0 Å². The Labute approximate surface area is 276 Å². The fraction of sp³-hybridized carbons (Fsp3) is 0.250. The van der Waals surface area contributed by atoms with Gasteiger partial charge in [0.05, 0.1) is 18.3 Å². The second-order valence-electron chi connectivity index (χ2n) is 11.9. The van der Waals surface area contributed by atoms with E-state index in [9.17, 15) is 37.5 Å². The van der Waals surface area contributed by atoms with Gasteiger partial charge in [0, 0.05) is 12.3 Å². The highest BCUT2D eigenvalue weighted by atomic mass is 35.5. The van der Waals surface area contributed by atoms with Crippen LogP contribution >= 0.6 is 23.2 Å². The smallest absolute Gasteiger partial charge is 0.352 e. The summed E-state index contributed by atoms with van der Waals surface area (Å²) < 4.78 is 76.1. The normalized spacial score (nSPS) is 24.8. The molecule has 4 atom stereocenters. The number of carbonyl (C=O) groups is 2. The van der Waals surface area contributed by atoms with Crippen molar-refractivity contribution in [3.8, 4) is 11.4 Å². The zero-order valence-corrected chi connectivity index (χ0v) is 26.2. The molecule has 7 rings (SSSR count). The van der Waals surface area contributed by atoms with Crippen LogP contribution in [0, 0.1) is 42.9 Å². The van der Waals surface area contributed by atoms with E-state index in [4.69, 9.17) is 23.2 Å². The Bertz CT molecular complexity index is 2230. The Morgan fingerprint density at radius 1 is 0.812 bits per heavy atom. The molecule has 9 nitrogen and oxygen atoms in total. The van der Waals surface area contributed by atoms with Gasteiger partial charge in [-0.2, -0.15) is 0 Å². The lowest BCUT2D eigenvalue weighted by atomic mass is 9.64. The van der Waals surface area contributed by atoms with E-state index in [2.05, 4.69) is 0 Å². The Kier molecular flexibility index (Phi) is 6.91. The fourth-order valence-electron chi connectivity index (χ4n) is 7.16. The third kappa shape index (κ3) is 3.83. The van der Waals surface area contributed by atoms with E-state index in [-0.39, 0.29) is 34.0 Å². The number of imide groups is 1. The summed E-state index contributed by atoms with van der Waals surface area (Å²) in [6, 6.07) is 9.49. The van der Waals surface area contributed by atoms with Crippen LogP contribution in [0.15, 0.2) is 63.7 Å². The largest absolute Gasteiger partial charge is 0.507 e. The fourth-order valence-corrected chi connectivity index (χ4v) is 8.07. The quantitative estimate of drug-likeness (QED) is 0.0805. The van der Waals surface area contributed by atoms with Crippen molar-refractivity contribution in [3.63, 3.8) is 0 Å². The van der Waals surface area contributed by atoms with Gasteiger partial charge in [0.25, 0.3) is 11.8 Å². The van der Waals surface area contributed by atoms with E-state index < -0.39 is 86.1 Å². The predicted octanol–water partition coefficient (Wildman–Crippen LogP) is 5.02. The van der Waals surface area contributed by atoms with Crippen molar-refractivity contribution >= 4 is 40.7 Å². The molecule has 0 spiro atoms. The Hall–Kier alpha value is -4.69. The maximum atomic E-state index is 15.2. The van der Waals surface area contributed by atoms with Crippen LogP contribution in [0.25, 0.3) is 5.69 Å². The molecule has 2 amide bonds. The first kappa shape index (κ1) is 31.9. The van der Waals surface area contributed by atoms with Gasteiger partial charge in [-0.15, -0.1) is 23.2 Å². The molecule has 3 aromatic carbocycles. The molecular weight excluding hydrogens is 686 g/mol. The summed E-state index contributed by atoms with van der Waals surface area (Å²) in [5.74, 6) is -17.1. The van der Waals surface area contributed by atoms with Gasteiger partial charge in [0.1, 0.15) is 11.4 Å². The van der Waals surface area contributed by atoms with E-state index in [1.165, 1.54) is 44.2 Å². The molecular formula is C32H21Cl2F5N4O5. The third-order valence-electron chi connectivity index (χ3n) is 9.35. The molecule has 1 N–H and O–H groups in total. The number of fused-ring (bicyclic) bond motifs is 4. The van der Waals surface area contributed by atoms with Crippen LogP contribution in [0.5, 0.6) is 5.75 Å². The SMILES string of the molecule is Cc1cc([C@H]2C3=CCn4c(=O)n(-c5ccccc5)c(=O)n4[C@@H]3C[C@@]3(Cl)C(=O)N(c4c(F)c(F)c(F)c(F)c4F)C(=O)[C@@]23Cl)cc(C)c1O. The molecule has 2 fully saturated rings. The van der Waals surface area contributed by atoms with Crippen LogP contribution in [0.4, 0.5) is 27.6 Å². The molecule has 2 aliphatic heterocycles. The highest BCUT2D eigenvalue weighted by Crippen LogP contribution is 2.64. The molecule has 16 heteroatoms. The lowest BCUT2D eigenvalue weighted by Gasteiger charge is -2.49. The summed E-state index contributed by atoms with van der Waals surface area (Å²) in [6.07, 6.45) is 0.785. The van der Waals surface area contributed by atoms with Gasteiger partial charge in [-0.05, 0) is 48.2 Å². The minimum Gasteiger partial charge on any atom is -0.507 e. The van der Waals surface area contributed by atoms with E-state index in [1.807, 2.05) is 0 Å². The van der Waals surface area contributed by atoms with Crippen LogP contribution in [0.1, 0.15) is 35.1 Å². The number of alkyl halides is 2. The summed E-state index contributed by atoms with van der Waals surface area (Å²) in [5.41, 5.74) is -2.29. The highest BCUT2D eigenvalue weighted by molar-refractivity contribution is 6.58. The molecule has 3 heterocycles. The Balaban J connectivity index is 1.51. The first-order chi connectivity index (χ1) is 22.6. The van der Waals surface area contributed by atoms with Crippen molar-refractivity contribution in [2.75, 3.05) is 4.90 Å². The second kappa shape index (κ2) is 10.4. The number of amides is 2. The van der Waals surface area contributed by atoms with Crippen molar-refractivity contribution in [1.29, 1.82) is 0 Å². The molecule has 0 radical (unpaired) electrons. The van der Waals surface area contributed by atoms with Crippen LogP contribution in [0.2, 0.25) is 0 Å². The van der Waals surface area contributed by atoms with Crippen molar-refractivity contribution in [3.05, 3.63) is 121 Å². The molecule has 1 saturated carbocycles. The number of halogens is 7. The lowest BCUT2D eigenvalue weighted by molar-refractivity contribution is -0.122. The van der Waals surface area contributed by atoms with E-state index >= 15 is 8.78 Å². The average Bonchev–Trinajstić information content (AvgIpc) is 3.40. The van der Waals surface area contributed by atoms with Gasteiger partial charge in [-0.3, -0.25) is 9.59 Å². The zero-order chi connectivity index (χ0) is 34.8. The van der Waals surface area contributed by atoms with Crippen molar-refractivity contribution in [2.24, 2.45) is 0 Å². The topological polar surface area (TPSA) is 107 Å². The zero-order valence-electron chi connectivity index (χ0n) is 24.7. The van der Waals surface area contributed by atoms with Crippen LogP contribution in [-0.4, -0.2) is 40.6 Å². The molecule has 1 aromatic heterocycles. The number of aryl methyl sites for hydroxylation is 2. The number of carbonyl (C=O) groups excluding carboxylic acids is 2. The van der Waals surface area contributed by atoms with Gasteiger partial charge in [-0.1, -0.05) is 36.4 Å². The molecule has 1 aliphatic carbocycles. The molecule has 1 saturated heterocycles. The number of phenols is 1. The molecule has 0 unspecified atom stereocenters. The predicted molar refractivity (Wildman–Crippen MR) is 162 cm³/mol. The second-order valence-corrected chi connectivity index (χ2v) is 13.1. The van der Waals surface area contributed by atoms with Crippen LogP contribution in [-0.2, 0) is 16.1 Å². The summed E-state index contributed by atoms with van der Waals surface area (Å²) in [5, 5.41) is 10.5. The van der Waals surface area contributed by atoms with Crippen molar-refractivity contribution in [2.45, 2.75) is 48.5 Å². The number of phenolic OH excluding ortho intramolecular Hbond substituents is 1. The molecule has 0 bridgehead atoms. The maximum Gasteiger partial charge on any atom is 0.352 e. The number of hydrogen-bond acceptors (Lipinski definition) is 5. The van der Waals surface area contributed by atoms with Gasteiger partial charge >= 0.3 is 11.4 Å². The molecule has 3 aliphatic rings. The first-order valence-corrected chi connectivity index (χ1v) is 15.1. The minimum absolute atomic E-state index is 0.119. The van der Waals surface area contributed by atoms with E-state index in [1.54, 1.807) is 18.2 Å². The Morgan fingerprint density at radius 3 is 1.96 bits per heavy atom. The summed E-state index contributed by atoms with van der Waals surface area (Å²) in [7, 11) is 0. The molecule has 4 aromatic rings. The van der Waals surface area contributed by atoms with E-state index in [0.29, 0.717) is 11.1 Å². The van der Waals surface area contributed by atoms with Crippen LogP contribution < -0.4 is 16.3 Å². The number of rotatable bonds is 3. The molecule has 48 heavy (non-hydrogen) atoms. The number of para-hydroxylation sites is 1. The van der Waals surface area contributed by atoms with Gasteiger partial charge < -0.3 is 5.11 Å². The monoisotopic (exact) mass is 706 g/mol. The number of nitrogens with zero attached hydrogens (tertiary/aromatic N) is 4. The minimum atomic E-state index is -2.69. The van der Waals surface area contributed by atoms with Gasteiger partial charge in [0.2, 0.25) is 5.82 Å². The molecule has 248 valence electrons. The standard InChI is InChI=1S/C32H21Cl2F5N4O5/c1-13-10-15(11-14(2)26(13)44)19-17-8-9-40-29(47)41(16-6-4-3-5-7-16)30(48)43(40)18(17)12-31(33)27(45)42(28(46)32(19,31)34)25-23(38)21(36)20(35)22(37)24(25)39/h3-8,10-11,18-19,44H,9,12H2,1-2H3/t18-,19+,31-,32+/m1/s1. The van der Waals surface area contributed by atoms with Crippen LogP contribution in [0.3, 0.4) is 0 Å². The van der Waals surface area contributed by atoms with Crippen molar-refractivity contribution < 1.29 is 36.6 Å². The summed E-state index contributed by atoms with van der Waals surface area (Å²) >= 11 is 14.2. The number of allylic oxidation sites excluding steroid dienone is 2. The van der Waals surface area contributed by atoms with Gasteiger partial charge in [-0.25, -0.2) is 50.4 Å². The summed E-state index contributed by atoms with van der Waals surface area (Å²) in [4.78, 5) is 50.5. The number of aromatic hydroxyl groups is 1. The lowest BCUT2D eigenvalue weighted by Crippen LogP contribution is -2.59. The number of benzene rings is 3. The summed E-state index contributed by atoms with van der Waals surface area (Å²) in [6.45, 7) is 2.83. The Morgan fingerprint density at radius 2 is 1.38 bits per heavy atom. The number of aromatic nitrogens is 3. The van der Waals surface area contributed by atoms with Crippen molar-refractivity contribution in [1.82, 2.24) is 13.9 Å².